The first-order chi connectivity index (χ1) is 13.5. The van der Waals surface area contributed by atoms with E-state index in [2.05, 4.69) is 15.6 Å². The Balaban J connectivity index is 0.000000414. The minimum atomic E-state index is -1.00. The third-order valence-corrected chi connectivity index (χ3v) is 3.94. The topological polar surface area (TPSA) is 243 Å². The number of amides is 1. The molecule has 1 amide bonds. The first kappa shape index (κ1) is 26.1. The Morgan fingerprint density at radius 3 is 2.03 bits per heavy atom. The fraction of sp³-hybridized carbons (Fsp3) is 0.688. The van der Waals surface area contributed by atoms with E-state index >= 15 is 0 Å². The average Bonchev–Trinajstić information content (AvgIpc) is 3.31. The van der Waals surface area contributed by atoms with Crippen molar-refractivity contribution in [2.75, 3.05) is 13.1 Å². The van der Waals surface area contributed by atoms with Crippen molar-refractivity contribution in [2.24, 2.45) is 22.2 Å². The smallest absolute Gasteiger partial charge is 0.326 e. The Kier molecular flexibility index (Phi) is 12.7. The third-order valence-electron chi connectivity index (χ3n) is 3.94. The van der Waals surface area contributed by atoms with Gasteiger partial charge in [-0.25, -0.2) is 4.79 Å². The van der Waals surface area contributed by atoms with E-state index in [0.29, 0.717) is 32.2 Å². The molecule has 3 atom stereocenters. The minimum absolute atomic E-state index is 0.0129. The maximum Gasteiger partial charge on any atom is 0.326 e. The maximum atomic E-state index is 10.4. The number of carboxylic acid groups (broad SMARTS) is 3. The summed E-state index contributed by atoms with van der Waals surface area (Å²) < 4.78 is 0. The van der Waals surface area contributed by atoms with Gasteiger partial charge in [0.2, 0.25) is 5.91 Å². The van der Waals surface area contributed by atoms with Gasteiger partial charge in [-0.3, -0.25) is 19.4 Å². The number of carboxylic acids is 3. The highest BCUT2D eigenvalue weighted by Gasteiger charge is 2.26. The number of guanidine groups is 1. The molecule has 0 spiro atoms. The second kappa shape index (κ2) is 14.1. The van der Waals surface area contributed by atoms with Gasteiger partial charge in [0, 0.05) is 13.0 Å². The van der Waals surface area contributed by atoms with E-state index in [0.717, 1.165) is 19.4 Å². The average molecular weight is 418 g/mol. The molecule has 2 heterocycles. The fourth-order valence-electron chi connectivity index (χ4n) is 2.34. The molecule has 0 radical (unpaired) electrons. The van der Waals surface area contributed by atoms with Crippen LogP contribution in [0.2, 0.25) is 0 Å². The zero-order valence-electron chi connectivity index (χ0n) is 16.0. The Morgan fingerprint density at radius 2 is 1.72 bits per heavy atom. The normalized spacial score (nSPS) is 20.8. The van der Waals surface area contributed by atoms with Gasteiger partial charge in [0.25, 0.3) is 0 Å². The van der Waals surface area contributed by atoms with Crippen LogP contribution in [0.3, 0.4) is 0 Å². The molecule has 13 nitrogen and oxygen atoms in total. The van der Waals surface area contributed by atoms with Gasteiger partial charge in [-0.05, 0) is 38.6 Å². The fourth-order valence-corrected chi connectivity index (χ4v) is 2.34. The van der Waals surface area contributed by atoms with Crippen LogP contribution < -0.4 is 27.8 Å². The second-order valence-electron chi connectivity index (χ2n) is 6.38. The van der Waals surface area contributed by atoms with Crippen molar-refractivity contribution >= 4 is 29.8 Å². The summed E-state index contributed by atoms with van der Waals surface area (Å²) in [5.74, 6) is -2.82. The predicted octanol–water partition coefficient (Wildman–Crippen LogP) is -2.38. The summed E-state index contributed by atoms with van der Waals surface area (Å²) in [5, 5.41) is 30.2. The highest BCUT2D eigenvalue weighted by atomic mass is 16.4. The summed E-state index contributed by atoms with van der Waals surface area (Å²) in [6.07, 6.45) is 3.51. The third kappa shape index (κ3) is 13.0. The molecule has 0 bridgehead atoms. The van der Waals surface area contributed by atoms with Crippen molar-refractivity contribution < 1.29 is 34.5 Å². The maximum absolute atomic E-state index is 10.4. The van der Waals surface area contributed by atoms with E-state index in [4.69, 9.17) is 32.5 Å². The molecule has 0 saturated carbocycles. The van der Waals surface area contributed by atoms with E-state index in [-0.39, 0.29) is 17.9 Å². The van der Waals surface area contributed by atoms with Crippen molar-refractivity contribution in [3.63, 3.8) is 0 Å². The van der Waals surface area contributed by atoms with E-state index in [1.807, 2.05) is 0 Å². The van der Waals surface area contributed by atoms with Gasteiger partial charge in [-0.1, -0.05) is 0 Å². The summed E-state index contributed by atoms with van der Waals surface area (Å²) in [7, 11) is 0. The van der Waals surface area contributed by atoms with Crippen molar-refractivity contribution in [3.05, 3.63) is 0 Å². The number of nitrogens with two attached hydrogens (primary N) is 3. The van der Waals surface area contributed by atoms with Crippen molar-refractivity contribution in [1.82, 2.24) is 10.6 Å². The van der Waals surface area contributed by atoms with Gasteiger partial charge in [0.1, 0.15) is 18.1 Å². The number of carbonyl (C=O) groups is 4. The number of rotatable bonds is 7. The molecule has 29 heavy (non-hydrogen) atoms. The van der Waals surface area contributed by atoms with Crippen molar-refractivity contribution in [3.8, 4) is 0 Å². The Morgan fingerprint density at radius 1 is 1.10 bits per heavy atom. The van der Waals surface area contributed by atoms with E-state index in [1.54, 1.807) is 0 Å². The number of nitrogens with zero attached hydrogens (tertiary/aromatic N) is 1. The quantitative estimate of drug-likeness (QED) is 0.123. The zero-order valence-corrected chi connectivity index (χ0v) is 16.0. The van der Waals surface area contributed by atoms with Gasteiger partial charge in [-0.15, -0.1) is 0 Å². The van der Waals surface area contributed by atoms with Gasteiger partial charge in [0.05, 0.1) is 0 Å². The minimum Gasteiger partial charge on any atom is -0.480 e. The van der Waals surface area contributed by atoms with Gasteiger partial charge in [0.15, 0.2) is 5.96 Å². The van der Waals surface area contributed by atoms with Crippen LogP contribution in [0.1, 0.15) is 38.5 Å². The molecule has 0 aromatic rings. The molecule has 13 heteroatoms. The number of hydrogen-bond acceptors (Lipinski definition) is 7. The lowest BCUT2D eigenvalue weighted by Crippen LogP contribution is -2.32. The van der Waals surface area contributed by atoms with Crippen LogP contribution in [-0.2, 0) is 19.2 Å². The predicted molar refractivity (Wildman–Crippen MR) is 103 cm³/mol. The molecule has 2 aliphatic rings. The van der Waals surface area contributed by atoms with Crippen LogP contribution >= 0.6 is 0 Å². The standard InChI is InChI=1S/C6H14N4O2.C5H7NO3.C5H9NO2/c7-4(5(11)12)2-1-3-10-6(8)9;7-4-2-1-3(6-4)5(8)9;7-5(8)4-2-1-3-6-4/h4H,1-3,7H2,(H,11,12)(H4,8,9,10);3H,1-2H2,(H,6,7)(H,8,9);4,6H,1-3H2,(H,7,8)/t4-;3-;4-/m000/s1. The Labute approximate surface area is 167 Å². The number of carbonyl (C=O) groups excluding carboxylic acids is 1. The molecule has 0 unspecified atom stereocenters. The van der Waals surface area contributed by atoms with E-state index in [1.165, 1.54) is 0 Å². The molecule has 0 aromatic heterocycles. The lowest BCUT2D eigenvalue weighted by molar-refractivity contribution is -0.140. The number of nitrogens with one attached hydrogen (secondary N) is 2. The first-order valence-electron chi connectivity index (χ1n) is 9.06. The zero-order chi connectivity index (χ0) is 22.4. The van der Waals surface area contributed by atoms with Gasteiger partial charge < -0.3 is 43.2 Å². The monoisotopic (exact) mass is 418 g/mol. The molecule has 11 N–H and O–H groups in total. The summed E-state index contributed by atoms with van der Waals surface area (Å²) in [5.41, 5.74) is 15.3. The van der Waals surface area contributed by atoms with Crippen LogP contribution in [-0.4, -0.2) is 76.3 Å². The largest absolute Gasteiger partial charge is 0.480 e. The van der Waals surface area contributed by atoms with Crippen LogP contribution in [0.5, 0.6) is 0 Å². The lowest BCUT2D eigenvalue weighted by Gasteiger charge is -2.03. The van der Waals surface area contributed by atoms with E-state index < -0.39 is 30.0 Å². The molecule has 2 saturated heterocycles. The van der Waals surface area contributed by atoms with Gasteiger partial charge in [-0.2, -0.15) is 0 Å². The SMILES string of the molecule is NC(N)=NCCC[C@H](N)C(=O)O.O=C(O)[C@@H]1CCCN1.O=C1CC[C@@H](C(=O)O)N1. The number of aliphatic imine (C=N–C) groups is 1. The molecule has 2 rings (SSSR count). The highest BCUT2D eigenvalue weighted by Crippen LogP contribution is 2.05. The highest BCUT2D eigenvalue weighted by molar-refractivity contribution is 5.87. The molecule has 0 aromatic carbocycles. The van der Waals surface area contributed by atoms with Crippen LogP contribution in [0.15, 0.2) is 4.99 Å². The van der Waals surface area contributed by atoms with Crippen molar-refractivity contribution in [2.45, 2.75) is 56.7 Å². The molecule has 0 aliphatic carbocycles. The van der Waals surface area contributed by atoms with Crippen LogP contribution in [0.25, 0.3) is 0 Å². The van der Waals surface area contributed by atoms with E-state index in [9.17, 15) is 19.2 Å². The summed E-state index contributed by atoms with van der Waals surface area (Å²) in [6, 6.07) is -1.73. The molecule has 2 fully saturated rings. The second-order valence-corrected chi connectivity index (χ2v) is 6.38. The summed E-state index contributed by atoms with van der Waals surface area (Å²) >= 11 is 0. The summed E-state index contributed by atoms with van der Waals surface area (Å²) in [4.78, 5) is 44.6. The first-order valence-corrected chi connectivity index (χ1v) is 9.06. The number of hydrogen-bond donors (Lipinski definition) is 8. The van der Waals surface area contributed by atoms with Crippen LogP contribution in [0, 0.1) is 0 Å². The number of aliphatic carboxylic acids is 3. The van der Waals surface area contributed by atoms with Crippen LogP contribution in [0.4, 0.5) is 0 Å². The van der Waals surface area contributed by atoms with Gasteiger partial charge >= 0.3 is 17.9 Å². The Hall–Kier alpha value is -2.93. The molecule has 166 valence electrons. The molecular formula is C16H30N6O7. The molecular weight excluding hydrogens is 388 g/mol. The Bertz CT molecular complexity index is 588. The lowest BCUT2D eigenvalue weighted by atomic mass is 10.2. The molecule has 2 aliphatic heterocycles. The summed E-state index contributed by atoms with van der Waals surface area (Å²) in [6.45, 7) is 1.28. The van der Waals surface area contributed by atoms with Crippen molar-refractivity contribution in [1.29, 1.82) is 0 Å².